The van der Waals surface area contributed by atoms with Crippen molar-refractivity contribution in [3.63, 3.8) is 0 Å². The molecule has 6 aromatic rings. The van der Waals surface area contributed by atoms with Crippen molar-refractivity contribution in [1.82, 2.24) is 4.57 Å². The molecule has 0 unspecified atom stereocenters. The van der Waals surface area contributed by atoms with Crippen LogP contribution in [0.3, 0.4) is 0 Å². The molecule has 34 heavy (non-hydrogen) atoms. The van der Waals surface area contributed by atoms with Crippen molar-refractivity contribution in [3.05, 3.63) is 120 Å². The van der Waals surface area contributed by atoms with Crippen LogP contribution in [0.5, 0.6) is 5.75 Å². The second kappa shape index (κ2) is 8.51. The summed E-state index contributed by atoms with van der Waals surface area (Å²) in [5.74, 6) is 0.854. The average molecular weight is 504 g/mol. The average Bonchev–Trinajstić information content (AvgIpc) is 3.21. The summed E-state index contributed by atoms with van der Waals surface area (Å²) in [6, 6.07) is 40.7. The third-order valence-electron chi connectivity index (χ3n) is 6.37. The third kappa shape index (κ3) is 3.49. The molecule has 1 heterocycles. The molecule has 1 aromatic heterocycles. The van der Waals surface area contributed by atoms with Gasteiger partial charge in [0.1, 0.15) is 5.75 Å². The molecule has 5 aromatic carbocycles. The minimum absolute atomic E-state index is 0.854. The zero-order valence-electron chi connectivity index (χ0n) is 18.7. The topological polar surface area (TPSA) is 14.2 Å². The number of methoxy groups -OCH3 is 1. The number of fused-ring (bicyclic) bond motifs is 3. The van der Waals surface area contributed by atoms with Gasteiger partial charge in [-0.2, -0.15) is 0 Å². The Labute approximate surface area is 207 Å². The summed E-state index contributed by atoms with van der Waals surface area (Å²) in [4.78, 5) is 0. The van der Waals surface area contributed by atoms with Gasteiger partial charge in [-0.15, -0.1) is 0 Å². The predicted molar refractivity (Wildman–Crippen MR) is 146 cm³/mol. The van der Waals surface area contributed by atoms with Crippen LogP contribution in [0.25, 0.3) is 49.7 Å². The van der Waals surface area contributed by atoms with Gasteiger partial charge in [0.05, 0.1) is 18.1 Å². The Balaban J connectivity index is 1.65. The Kier molecular flexibility index (Phi) is 5.20. The maximum atomic E-state index is 5.56. The molecule has 0 aliphatic heterocycles. The zero-order chi connectivity index (χ0) is 23.1. The summed E-state index contributed by atoms with van der Waals surface area (Å²) in [5.41, 5.74) is 8.20. The number of ether oxygens (including phenoxy) is 1. The molecule has 0 aliphatic rings. The van der Waals surface area contributed by atoms with Crippen molar-refractivity contribution in [2.75, 3.05) is 7.11 Å². The molecule has 0 saturated heterocycles. The van der Waals surface area contributed by atoms with Crippen LogP contribution in [-0.2, 0) is 0 Å². The molecule has 0 spiro atoms. The highest BCUT2D eigenvalue weighted by Crippen LogP contribution is 2.39. The number of nitrogens with zero attached hydrogens (tertiary/aromatic N) is 1. The van der Waals surface area contributed by atoms with Gasteiger partial charge in [-0.1, -0.05) is 88.7 Å². The van der Waals surface area contributed by atoms with Gasteiger partial charge >= 0.3 is 0 Å². The van der Waals surface area contributed by atoms with E-state index in [0.717, 1.165) is 21.5 Å². The van der Waals surface area contributed by atoms with Crippen LogP contribution in [-0.4, -0.2) is 11.7 Å². The molecule has 0 saturated carbocycles. The standard InChI is InChI=1S/C31H22BrNO/c1-34-25-14-17-26(29(20-25)21-8-4-2-5-9-21)22-12-15-27-28-16-13-23(32)19-31(28)33(30(27)18-22)24-10-6-3-7-11-24/h2-20H,1H3. The largest absolute Gasteiger partial charge is 0.497 e. The van der Waals surface area contributed by atoms with E-state index < -0.39 is 0 Å². The second-order valence-corrected chi connectivity index (χ2v) is 9.26. The SMILES string of the molecule is COc1ccc(-c2ccc3c4ccc(Br)cc4n(-c4ccccc4)c3c2)c(-c2ccccc2)c1. The number of hydrogen-bond acceptors (Lipinski definition) is 1. The van der Waals surface area contributed by atoms with Gasteiger partial charge in [0.2, 0.25) is 0 Å². The van der Waals surface area contributed by atoms with Crippen LogP contribution < -0.4 is 4.74 Å². The summed E-state index contributed by atoms with van der Waals surface area (Å²) in [6.07, 6.45) is 0. The van der Waals surface area contributed by atoms with E-state index in [1.165, 1.54) is 38.5 Å². The van der Waals surface area contributed by atoms with Crippen molar-refractivity contribution in [1.29, 1.82) is 0 Å². The Hall–Kier alpha value is -3.82. The van der Waals surface area contributed by atoms with Crippen molar-refractivity contribution in [2.24, 2.45) is 0 Å². The van der Waals surface area contributed by atoms with Crippen LogP contribution >= 0.6 is 15.9 Å². The van der Waals surface area contributed by atoms with Crippen molar-refractivity contribution < 1.29 is 4.74 Å². The number of para-hydroxylation sites is 1. The summed E-state index contributed by atoms with van der Waals surface area (Å²) < 4.78 is 8.98. The molecule has 3 heteroatoms. The molecular formula is C31H22BrNO. The van der Waals surface area contributed by atoms with Crippen LogP contribution in [0.4, 0.5) is 0 Å². The van der Waals surface area contributed by atoms with Crippen molar-refractivity contribution in [2.45, 2.75) is 0 Å². The Morgan fingerprint density at radius 3 is 2.00 bits per heavy atom. The van der Waals surface area contributed by atoms with E-state index in [0.29, 0.717) is 0 Å². The Bertz CT molecular complexity index is 1640. The van der Waals surface area contributed by atoms with Gasteiger partial charge in [-0.05, 0) is 64.7 Å². The minimum atomic E-state index is 0.854. The highest BCUT2D eigenvalue weighted by Gasteiger charge is 2.15. The molecule has 6 rings (SSSR count). The Morgan fingerprint density at radius 2 is 1.26 bits per heavy atom. The lowest BCUT2D eigenvalue weighted by Crippen LogP contribution is -1.94. The first-order valence-electron chi connectivity index (χ1n) is 11.3. The fraction of sp³-hybridized carbons (Fsp3) is 0.0323. The molecule has 0 bridgehead atoms. The number of halogens is 1. The predicted octanol–water partition coefficient (Wildman–Crippen LogP) is 8.89. The fourth-order valence-corrected chi connectivity index (χ4v) is 5.12. The molecule has 164 valence electrons. The number of rotatable bonds is 4. The first-order chi connectivity index (χ1) is 16.7. The minimum Gasteiger partial charge on any atom is -0.497 e. The molecule has 0 atom stereocenters. The van der Waals surface area contributed by atoms with Crippen molar-refractivity contribution >= 4 is 37.7 Å². The highest BCUT2D eigenvalue weighted by atomic mass is 79.9. The summed E-state index contributed by atoms with van der Waals surface area (Å²) in [6.45, 7) is 0. The monoisotopic (exact) mass is 503 g/mol. The van der Waals surface area contributed by atoms with E-state index in [-0.39, 0.29) is 0 Å². The van der Waals surface area contributed by atoms with Crippen LogP contribution in [0, 0.1) is 0 Å². The lowest BCUT2D eigenvalue weighted by Gasteiger charge is -2.13. The maximum Gasteiger partial charge on any atom is 0.119 e. The van der Waals surface area contributed by atoms with E-state index >= 15 is 0 Å². The van der Waals surface area contributed by atoms with Crippen LogP contribution in [0.2, 0.25) is 0 Å². The molecule has 0 N–H and O–H groups in total. The fourth-order valence-electron chi connectivity index (χ4n) is 4.77. The molecule has 0 amide bonds. The van der Waals surface area contributed by atoms with Gasteiger partial charge in [0.25, 0.3) is 0 Å². The van der Waals surface area contributed by atoms with Gasteiger partial charge < -0.3 is 9.30 Å². The summed E-state index contributed by atoms with van der Waals surface area (Å²) in [5, 5.41) is 2.48. The lowest BCUT2D eigenvalue weighted by atomic mass is 9.93. The highest BCUT2D eigenvalue weighted by molar-refractivity contribution is 9.10. The molecule has 0 radical (unpaired) electrons. The number of benzene rings is 5. The normalized spacial score (nSPS) is 11.2. The third-order valence-corrected chi connectivity index (χ3v) is 6.86. The smallest absolute Gasteiger partial charge is 0.119 e. The lowest BCUT2D eigenvalue weighted by molar-refractivity contribution is 0.415. The quantitative estimate of drug-likeness (QED) is 0.234. The van der Waals surface area contributed by atoms with E-state index in [4.69, 9.17) is 4.74 Å². The number of aromatic nitrogens is 1. The molecule has 0 aliphatic carbocycles. The van der Waals surface area contributed by atoms with Crippen molar-refractivity contribution in [3.8, 4) is 33.7 Å². The first-order valence-corrected chi connectivity index (χ1v) is 12.1. The van der Waals surface area contributed by atoms with E-state index in [1.54, 1.807) is 7.11 Å². The van der Waals surface area contributed by atoms with Crippen LogP contribution in [0.1, 0.15) is 0 Å². The zero-order valence-corrected chi connectivity index (χ0v) is 20.3. The van der Waals surface area contributed by atoms with E-state index in [2.05, 4.69) is 124 Å². The first kappa shape index (κ1) is 20.8. The maximum absolute atomic E-state index is 5.56. The molecule has 2 nitrogen and oxygen atoms in total. The van der Waals surface area contributed by atoms with Gasteiger partial charge in [0.15, 0.2) is 0 Å². The Morgan fingerprint density at radius 1 is 0.588 bits per heavy atom. The summed E-state index contributed by atoms with van der Waals surface area (Å²) >= 11 is 3.67. The van der Waals surface area contributed by atoms with E-state index in [1.807, 2.05) is 12.1 Å². The van der Waals surface area contributed by atoms with Gasteiger partial charge in [-0.25, -0.2) is 0 Å². The second-order valence-electron chi connectivity index (χ2n) is 8.34. The van der Waals surface area contributed by atoms with Crippen LogP contribution in [0.15, 0.2) is 120 Å². The summed E-state index contributed by atoms with van der Waals surface area (Å²) in [7, 11) is 1.71. The number of hydrogen-bond donors (Lipinski definition) is 0. The molecular weight excluding hydrogens is 482 g/mol. The van der Waals surface area contributed by atoms with Gasteiger partial charge in [-0.3, -0.25) is 0 Å². The molecule has 0 fully saturated rings. The van der Waals surface area contributed by atoms with Gasteiger partial charge in [0, 0.05) is 20.9 Å². The van der Waals surface area contributed by atoms with E-state index in [9.17, 15) is 0 Å².